The number of H-pyrrole nitrogens is 1. The molecular weight excluding hydrogens is 371 g/mol. The lowest BCUT2D eigenvalue weighted by atomic mass is 9.73. The summed E-state index contributed by atoms with van der Waals surface area (Å²) in [5.41, 5.74) is 1.97. The predicted octanol–water partition coefficient (Wildman–Crippen LogP) is 2.65. The summed E-state index contributed by atoms with van der Waals surface area (Å²) < 4.78 is 14.1. The highest BCUT2D eigenvalue weighted by molar-refractivity contribution is 5.98. The zero-order valence-corrected chi connectivity index (χ0v) is 16.0. The van der Waals surface area contributed by atoms with E-state index < -0.39 is 5.41 Å². The van der Waals surface area contributed by atoms with Crippen LogP contribution in [0.25, 0.3) is 11.1 Å². The SMILES string of the molecule is CNC(=O)C1(Cc2ccccc2F)CN(C(=O)c2cccc(-c3cn[nH]c3)c2)C1. The van der Waals surface area contributed by atoms with Gasteiger partial charge in [0.25, 0.3) is 5.91 Å². The third-order valence-electron chi connectivity index (χ3n) is 5.41. The Bertz CT molecular complexity index is 1040. The van der Waals surface area contributed by atoms with E-state index in [9.17, 15) is 14.0 Å². The molecule has 1 aliphatic rings. The molecule has 0 aliphatic carbocycles. The van der Waals surface area contributed by atoms with Crippen molar-refractivity contribution in [3.05, 3.63) is 77.9 Å². The van der Waals surface area contributed by atoms with Crippen molar-refractivity contribution in [3.63, 3.8) is 0 Å². The lowest BCUT2D eigenvalue weighted by molar-refractivity contribution is -0.138. The molecule has 2 N–H and O–H groups in total. The van der Waals surface area contributed by atoms with Gasteiger partial charge in [-0.1, -0.05) is 30.3 Å². The van der Waals surface area contributed by atoms with Crippen LogP contribution in [-0.2, 0) is 11.2 Å². The molecule has 0 atom stereocenters. The van der Waals surface area contributed by atoms with Crippen molar-refractivity contribution in [1.82, 2.24) is 20.4 Å². The van der Waals surface area contributed by atoms with Crippen molar-refractivity contribution in [3.8, 4) is 11.1 Å². The van der Waals surface area contributed by atoms with E-state index in [1.807, 2.05) is 18.2 Å². The fourth-order valence-corrected chi connectivity index (χ4v) is 3.86. The van der Waals surface area contributed by atoms with E-state index in [0.717, 1.165) is 11.1 Å². The zero-order chi connectivity index (χ0) is 20.4. The highest BCUT2D eigenvalue weighted by Crippen LogP contribution is 2.36. The third-order valence-corrected chi connectivity index (χ3v) is 5.41. The van der Waals surface area contributed by atoms with Crippen LogP contribution in [0.2, 0.25) is 0 Å². The molecule has 2 aromatic carbocycles. The molecule has 0 bridgehead atoms. The van der Waals surface area contributed by atoms with Crippen LogP contribution >= 0.6 is 0 Å². The predicted molar refractivity (Wildman–Crippen MR) is 107 cm³/mol. The highest BCUT2D eigenvalue weighted by atomic mass is 19.1. The summed E-state index contributed by atoms with van der Waals surface area (Å²) in [6, 6.07) is 13.7. The molecule has 7 heteroatoms. The quantitative estimate of drug-likeness (QED) is 0.701. The Kier molecular flexibility index (Phi) is 4.88. The smallest absolute Gasteiger partial charge is 0.253 e. The fraction of sp³-hybridized carbons (Fsp3) is 0.227. The van der Waals surface area contributed by atoms with E-state index in [1.165, 1.54) is 6.07 Å². The second kappa shape index (κ2) is 7.50. The van der Waals surface area contributed by atoms with Gasteiger partial charge in [0.15, 0.2) is 0 Å². The summed E-state index contributed by atoms with van der Waals surface area (Å²) in [6.45, 7) is 0.492. The first-order chi connectivity index (χ1) is 14.0. The Labute approximate surface area is 167 Å². The maximum absolute atomic E-state index is 14.1. The Hall–Kier alpha value is -3.48. The van der Waals surface area contributed by atoms with E-state index in [-0.39, 0.29) is 37.1 Å². The van der Waals surface area contributed by atoms with Crippen molar-refractivity contribution in [2.75, 3.05) is 20.1 Å². The normalized spacial score (nSPS) is 14.9. The molecule has 1 aliphatic heterocycles. The average molecular weight is 392 g/mol. The lowest BCUT2D eigenvalue weighted by Crippen LogP contribution is -2.65. The highest BCUT2D eigenvalue weighted by Gasteiger charge is 2.51. The summed E-state index contributed by atoms with van der Waals surface area (Å²) in [6.07, 6.45) is 3.70. The number of rotatable bonds is 5. The molecular formula is C22H21FN4O2. The number of benzene rings is 2. The average Bonchev–Trinajstić information content (AvgIpc) is 3.26. The molecule has 148 valence electrons. The van der Waals surface area contributed by atoms with Gasteiger partial charge in [-0.3, -0.25) is 14.7 Å². The third kappa shape index (κ3) is 3.51. The summed E-state index contributed by atoms with van der Waals surface area (Å²) >= 11 is 0. The van der Waals surface area contributed by atoms with Gasteiger partial charge in [0, 0.05) is 37.5 Å². The van der Waals surface area contributed by atoms with Crippen molar-refractivity contribution in [1.29, 1.82) is 0 Å². The van der Waals surface area contributed by atoms with E-state index in [0.29, 0.717) is 11.1 Å². The number of hydrogen-bond acceptors (Lipinski definition) is 3. The topological polar surface area (TPSA) is 78.1 Å². The van der Waals surface area contributed by atoms with Crippen molar-refractivity contribution >= 4 is 11.8 Å². The van der Waals surface area contributed by atoms with Gasteiger partial charge in [0.2, 0.25) is 5.91 Å². The molecule has 2 amide bonds. The molecule has 2 heterocycles. The number of likely N-dealkylation sites (tertiary alicyclic amines) is 1. The minimum Gasteiger partial charge on any atom is -0.359 e. The fourth-order valence-electron chi connectivity index (χ4n) is 3.86. The monoisotopic (exact) mass is 392 g/mol. The van der Waals surface area contributed by atoms with E-state index >= 15 is 0 Å². The van der Waals surface area contributed by atoms with Gasteiger partial charge in [-0.15, -0.1) is 0 Å². The van der Waals surface area contributed by atoms with Crippen molar-refractivity contribution in [2.45, 2.75) is 6.42 Å². The first kappa shape index (κ1) is 18.9. The molecule has 29 heavy (non-hydrogen) atoms. The Morgan fingerprint density at radius 2 is 1.97 bits per heavy atom. The van der Waals surface area contributed by atoms with Crippen molar-refractivity contribution < 1.29 is 14.0 Å². The lowest BCUT2D eigenvalue weighted by Gasteiger charge is -2.48. The van der Waals surface area contributed by atoms with Crippen LogP contribution in [-0.4, -0.2) is 47.0 Å². The molecule has 6 nitrogen and oxygen atoms in total. The van der Waals surface area contributed by atoms with Crippen LogP contribution in [0.4, 0.5) is 4.39 Å². The standard InChI is InChI=1S/C22H21FN4O2/c1-24-21(29)22(10-17-5-2-3-8-19(17)23)13-27(14-22)20(28)16-7-4-6-15(9-16)18-11-25-26-12-18/h2-9,11-12H,10,13-14H2,1H3,(H,24,29)(H,25,26). The van der Waals surface area contributed by atoms with Gasteiger partial charge in [0.1, 0.15) is 5.82 Å². The Morgan fingerprint density at radius 3 is 2.66 bits per heavy atom. The second-order valence-corrected chi connectivity index (χ2v) is 7.36. The molecule has 4 rings (SSSR count). The Balaban J connectivity index is 1.53. The first-order valence-corrected chi connectivity index (χ1v) is 9.36. The molecule has 0 saturated carbocycles. The van der Waals surface area contributed by atoms with Crippen LogP contribution < -0.4 is 5.32 Å². The number of carbonyl (C=O) groups is 2. The molecule has 1 fully saturated rings. The van der Waals surface area contributed by atoms with Gasteiger partial charge >= 0.3 is 0 Å². The maximum Gasteiger partial charge on any atom is 0.253 e. The van der Waals surface area contributed by atoms with Crippen LogP contribution in [0.15, 0.2) is 60.9 Å². The number of nitrogens with zero attached hydrogens (tertiary/aromatic N) is 2. The number of carbonyl (C=O) groups excluding carboxylic acids is 2. The Morgan fingerprint density at radius 1 is 1.17 bits per heavy atom. The van der Waals surface area contributed by atoms with E-state index in [2.05, 4.69) is 15.5 Å². The summed E-state index contributed by atoms with van der Waals surface area (Å²) in [4.78, 5) is 27.2. The van der Waals surface area contributed by atoms with E-state index in [1.54, 1.807) is 48.6 Å². The van der Waals surface area contributed by atoms with Gasteiger partial charge in [-0.2, -0.15) is 5.10 Å². The molecule has 1 aromatic heterocycles. The maximum atomic E-state index is 14.1. The molecule has 0 spiro atoms. The van der Waals surface area contributed by atoms with Crippen LogP contribution in [0, 0.1) is 11.2 Å². The van der Waals surface area contributed by atoms with Crippen LogP contribution in [0.5, 0.6) is 0 Å². The molecule has 3 aromatic rings. The number of amides is 2. The minimum atomic E-state index is -0.825. The first-order valence-electron chi connectivity index (χ1n) is 9.36. The number of aromatic nitrogens is 2. The second-order valence-electron chi connectivity index (χ2n) is 7.36. The number of aromatic amines is 1. The van der Waals surface area contributed by atoms with Gasteiger partial charge in [-0.05, 0) is 35.7 Å². The number of nitrogens with one attached hydrogen (secondary N) is 2. The van der Waals surface area contributed by atoms with Gasteiger partial charge < -0.3 is 10.2 Å². The molecule has 1 saturated heterocycles. The summed E-state index contributed by atoms with van der Waals surface area (Å²) in [5.74, 6) is -0.672. The summed E-state index contributed by atoms with van der Waals surface area (Å²) in [7, 11) is 1.56. The van der Waals surface area contributed by atoms with Crippen LogP contribution in [0.1, 0.15) is 15.9 Å². The van der Waals surface area contributed by atoms with E-state index in [4.69, 9.17) is 0 Å². The zero-order valence-electron chi connectivity index (χ0n) is 16.0. The van der Waals surface area contributed by atoms with Crippen molar-refractivity contribution in [2.24, 2.45) is 5.41 Å². The molecule has 0 unspecified atom stereocenters. The van der Waals surface area contributed by atoms with Gasteiger partial charge in [-0.25, -0.2) is 4.39 Å². The minimum absolute atomic E-state index is 0.150. The number of halogens is 1. The molecule has 0 radical (unpaired) electrons. The van der Waals surface area contributed by atoms with Gasteiger partial charge in [0.05, 0.1) is 11.6 Å². The number of hydrogen-bond donors (Lipinski definition) is 2. The van der Waals surface area contributed by atoms with Crippen LogP contribution in [0.3, 0.4) is 0 Å². The largest absolute Gasteiger partial charge is 0.359 e. The summed E-state index contributed by atoms with van der Waals surface area (Å²) in [5, 5.41) is 9.36.